The van der Waals surface area contributed by atoms with Gasteiger partial charge in [0, 0.05) is 12.6 Å². The van der Waals surface area contributed by atoms with Crippen molar-refractivity contribution >= 4 is 5.65 Å². The molecule has 19 heavy (non-hydrogen) atoms. The molecule has 4 nitrogen and oxygen atoms in total. The molecule has 0 atom stereocenters. The highest BCUT2D eigenvalue weighted by Gasteiger charge is 2.06. The minimum absolute atomic E-state index is 0.277. The third-order valence-electron chi connectivity index (χ3n) is 3.01. The molecular weight excluding hydrogens is 240 g/mol. The number of hydrogen-bond donors (Lipinski definition) is 1. The molecule has 0 spiro atoms. The summed E-state index contributed by atoms with van der Waals surface area (Å²) in [5, 5.41) is 9.47. The van der Waals surface area contributed by atoms with E-state index < -0.39 is 0 Å². The lowest BCUT2D eigenvalue weighted by Crippen LogP contribution is -1.91. The van der Waals surface area contributed by atoms with Gasteiger partial charge in [0.25, 0.3) is 0 Å². The quantitative estimate of drug-likeness (QED) is 0.781. The Morgan fingerprint density at radius 3 is 2.84 bits per heavy atom. The van der Waals surface area contributed by atoms with Gasteiger partial charge in [-0.25, -0.2) is 4.98 Å². The highest BCUT2D eigenvalue weighted by atomic mass is 16.5. The Morgan fingerprint density at radius 1 is 1.21 bits per heavy atom. The van der Waals surface area contributed by atoms with E-state index in [-0.39, 0.29) is 5.75 Å². The number of benzene rings is 1. The zero-order chi connectivity index (χ0) is 13.2. The van der Waals surface area contributed by atoms with Crippen LogP contribution in [0.5, 0.6) is 11.6 Å². The zero-order valence-electron chi connectivity index (χ0n) is 10.6. The average Bonchev–Trinajstić information content (AvgIpc) is 2.80. The maximum atomic E-state index is 9.47. The van der Waals surface area contributed by atoms with Crippen LogP contribution in [0.2, 0.25) is 0 Å². The van der Waals surface area contributed by atoms with E-state index in [0.29, 0.717) is 6.42 Å². The highest BCUT2D eigenvalue weighted by molar-refractivity contribution is 5.44. The van der Waals surface area contributed by atoms with Crippen molar-refractivity contribution in [2.24, 2.45) is 0 Å². The van der Waals surface area contributed by atoms with Crippen molar-refractivity contribution in [1.29, 1.82) is 0 Å². The molecule has 3 rings (SSSR count). The molecule has 0 fully saturated rings. The summed E-state index contributed by atoms with van der Waals surface area (Å²) < 4.78 is 7.21. The first-order valence-electron chi connectivity index (χ1n) is 6.05. The predicted molar refractivity (Wildman–Crippen MR) is 72.7 cm³/mol. The highest BCUT2D eigenvalue weighted by Crippen LogP contribution is 2.18. The van der Waals surface area contributed by atoms with Crippen molar-refractivity contribution in [1.82, 2.24) is 9.38 Å². The number of aromatic nitrogens is 2. The molecule has 0 unspecified atom stereocenters. The summed E-state index contributed by atoms with van der Waals surface area (Å²) in [7, 11) is 1.64. The molecule has 2 aromatic heterocycles. The summed E-state index contributed by atoms with van der Waals surface area (Å²) >= 11 is 0. The molecule has 0 aliphatic heterocycles. The van der Waals surface area contributed by atoms with Crippen molar-refractivity contribution in [3.05, 3.63) is 59.9 Å². The maximum Gasteiger partial charge on any atom is 0.198 e. The van der Waals surface area contributed by atoms with Gasteiger partial charge in [-0.05, 0) is 29.8 Å². The Kier molecular flexibility index (Phi) is 2.83. The van der Waals surface area contributed by atoms with Crippen LogP contribution in [0.15, 0.2) is 48.7 Å². The number of hydrogen-bond acceptors (Lipinski definition) is 3. The second-order valence-electron chi connectivity index (χ2n) is 4.38. The summed E-state index contributed by atoms with van der Waals surface area (Å²) in [6, 6.07) is 13.0. The summed E-state index contributed by atoms with van der Waals surface area (Å²) in [5.41, 5.74) is 2.83. The summed E-state index contributed by atoms with van der Waals surface area (Å²) in [4.78, 5) is 4.55. The van der Waals surface area contributed by atoms with Crippen LogP contribution in [0.3, 0.4) is 0 Å². The van der Waals surface area contributed by atoms with Gasteiger partial charge in [-0.3, -0.25) is 4.40 Å². The van der Waals surface area contributed by atoms with E-state index in [1.54, 1.807) is 19.2 Å². The molecule has 0 saturated carbocycles. The number of aromatic hydroxyl groups is 1. The van der Waals surface area contributed by atoms with Crippen LogP contribution < -0.4 is 4.74 Å². The molecule has 0 saturated heterocycles. The number of methoxy groups -OCH3 is 1. The first kappa shape index (κ1) is 11.6. The van der Waals surface area contributed by atoms with Crippen molar-refractivity contribution in [2.75, 3.05) is 7.11 Å². The monoisotopic (exact) mass is 254 g/mol. The van der Waals surface area contributed by atoms with Crippen molar-refractivity contribution < 1.29 is 9.84 Å². The molecule has 0 radical (unpaired) electrons. The fourth-order valence-corrected chi connectivity index (χ4v) is 2.16. The molecule has 1 N–H and O–H groups in total. The molecule has 4 heteroatoms. The van der Waals surface area contributed by atoms with E-state index >= 15 is 0 Å². The predicted octanol–water partition coefficient (Wildman–Crippen LogP) is 2.64. The number of phenols is 1. The normalized spacial score (nSPS) is 10.8. The number of pyridine rings is 1. The van der Waals surface area contributed by atoms with Crippen molar-refractivity contribution in [3.63, 3.8) is 0 Å². The van der Waals surface area contributed by atoms with Gasteiger partial charge < -0.3 is 9.84 Å². The third-order valence-corrected chi connectivity index (χ3v) is 3.01. The Labute approximate surface area is 110 Å². The smallest absolute Gasteiger partial charge is 0.198 e. The van der Waals surface area contributed by atoms with Crippen LogP contribution in [-0.4, -0.2) is 21.6 Å². The minimum atomic E-state index is 0.277. The Morgan fingerprint density at radius 2 is 2.05 bits per heavy atom. The number of fused-ring (bicyclic) bond motifs is 1. The van der Waals surface area contributed by atoms with Gasteiger partial charge in [0.15, 0.2) is 5.88 Å². The molecule has 2 heterocycles. The lowest BCUT2D eigenvalue weighted by atomic mass is 10.1. The summed E-state index contributed by atoms with van der Waals surface area (Å²) in [5.74, 6) is 1.03. The van der Waals surface area contributed by atoms with Crippen LogP contribution in [0.25, 0.3) is 5.65 Å². The SMILES string of the molecule is COc1cccc2nc(Cc3cccc(O)c3)cn12. The average molecular weight is 254 g/mol. The molecule has 3 aromatic rings. The van der Waals surface area contributed by atoms with Crippen LogP contribution in [0.1, 0.15) is 11.3 Å². The van der Waals surface area contributed by atoms with E-state index in [0.717, 1.165) is 22.8 Å². The van der Waals surface area contributed by atoms with E-state index in [1.807, 2.05) is 40.9 Å². The Balaban J connectivity index is 1.98. The van der Waals surface area contributed by atoms with Crippen molar-refractivity contribution in [3.8, 4) is 11.6 Å². The Bertz CT molecular complexity index is 719. The van der Waals surface area contributed by atoms with E-state index in [1.165, 1.54) is 0 Å². The van der Waals surface area contributed by atoms with E-state index in [2.05, 4.69) is 4.98 Å². The minimum Gasteiger partial charge on any atom is -0.508 e. The van der Waals surface area contributed by atoms with Gasteiger partial charge in [-0.15, -0.1) is 0 Å². The summed E-state index contributed by atoms with van der Waals surface area (Å²) in [6.07, 6.45) is 2.64. The number of ether oxygens (including phenoxy) is 1. The first-order chi connectivity index (χ1) is 9.26. The number of phenolic OH excluding ortho intramolecular Hbond substituents is 1. The molecule has 0 aliphatic carbocycles. The first-order valence-corrected chi connectivity index (χ1v) is 6.05. The molecule has 0 bridgehead atoms. The molecule has 96 valence electrons. The fourth-order valence-electron chi connectivity index (χ4n) is 2.16. The van der Waals surface area contributed by atoms with Crippen molar-refractivity contribution in [2.45, 2.75) is 6.42 Å². The number of nitrogens with zero attached hydrogens (tertiary/aromatic N) is 2. The van der Waals surface area contributed by atoms with Gasteiger partial charge in [0.1, 0.15) is 11.4 Å². The topological polar surface area (TPSA) is 46.8 Å². The second kappa shape index (κ2) is 4.65. The van der Waals surface area contributed by atoms with Gasteiger partial charge in [-0.2, -0.15) is 0 Å². The molecule has 0 amide bonds. The number of rotatable bonds is 3. The maximum absolute atomic E-state index is 9.47. The fraction of sp³-hybridized carbons (Fsp3) is 0.133. The van der Waals surface area contributed by atoms with Gasteiger partial charge in [0.05, 0.1) is 12.8 Å². The zero-order valence-corrected chi connectivity index (χ0v) is 10.6. The number of imidazole rings is 1. The molecule has 1 aromatic carbocycles. The lowest BCUT2D eigenvalue weighted by Gasteiger charge is -2.01. The van der Waals surface area contributed by atoms with Gasteiger partial charge >= 0.3 is 0 Å². The second-order valence-corrected chi connectivity index (χ2v) is 4.38. The lowest BCUT2D eigenvalue weighted by molar-refractivity contribution is 0.392. The standard InChI is InChI=1S/C15H14N2O2/c1-19-15-7-3-6-14-16-12(10-17(14)15)8-11-4-2-5-13(18)9-11/h2-7,9-10,18H,8H2,1H3. The molecular formula is C15H14N2O2. The van der Waals surface area contributed by atoms with E-state index in [4.69, 9.17) is 4.74 Å². The Hall–Kier alpha value is -2.49. The molecule has 0 aliphatic rings. The van der Waals surface area contributed by atoms with Crippen LogP contribution >= 0.6 is 0 Å². The largest absolute Gasteiger partial charge is 0.508 e. The summed E-state index contributed by atoms with van der Waals surface area (Å²) in [6.45, 7) is 0. The van der Waals surface area contributed by atoms with Gasteiger partial charge in [0.2, 0.25) is 0 Å². The third kappa shape index (κ3) is 2.25. The van der Waals surface area contributed by atoms with E-state index in [9.17, 15) is 5.11 Å². The van der Waals surface area contributed by atoms with Crippen LogP contribution in [0.4, 0.5) is 0 Å². The van der Waals surface area contributed by atoms with Crippen LogP contribution in [-0.2, 0) is 6.42 Å². The van der Waals surface area contributed by atoms with Crippen LogP contribution in [0, 0.1) is 0 Å². The van der Waals surface area contributed by atoms with Gasteiger partial charge in [-0.1, -0.05) is 18.2 Å².